The normalized spacial score (nSPS) is 13.1. The Morgan fingerprint density at radius 2 is 1.74 bits per heavy atom. The summed E-state index contributed by atoms with van der Waals surface area (Å²) in [6, 6.07) is 19.7. The predicted molar refractivity (Wildman–Crippen MR) is 119 cm³/mol. The van der Waals surface area contributed by atoms with Gasteiger partial charge in [0.25, 0.3) is 0 Å². The van der Waals surface area contributed by atoms with E-state index in [9.17, 15) is 9.18 Å². The number of halogens is 1. The number of rotatable bonds is 3. The summed E-state index contributed by atoms with van der Waals surface area (Å²) in [5.74, 6) is -0.486. The van der Waals surface area contributed by atoms with Crippen molar-refractivity contribution in [3.8, 4) is 22.4 Å². The molecule has 2 heterocycles. The van der Waals surface area contributed by atoms with Crippen molar-refractivity contribution in [1.29, 1.82) is 0 Å². The van der Waals surface area contributed by atoms with Gasteiger partial charge in [-0.25, -0.2) is 4.39 Å². The van der Waals surface area contributed by atoms with Gasteiger partial charge < -0.3 is 5.32 Å². The molecule has 0 saturated carbocycles. The van der Waals surface area contributed by atoms with Crippen LogP contribution >= 0.6 is 0 Å². The highest BCUT2D eigenvalue weighted by atomic mass is 19.1. The number of hydrogen-bond donors (Lipinski definition) is 1. The van der Waals surface area contributed by atoms with Crippen LogP contribution in [0.25, 0.3) is 22.4 Å². The molecule has 0 fully saturated rings. The van der Waals surface area contributed by atoms with Crippen molar-refractivity contribution in [1.82, 2.24) is 9.97 Å². The van der Waals surface area contributed by atoms with Crippen LogP contribution in [0.1, 0.15) is 12.0 Å². The number of carbonyl (C=O) groups excluding carboxylic acids is 1. The first kappa shape index (κ1) is 18.8. The van der Waals surface area contributed by atoms with Gasteiger partial charge in [-0.3, -0.25) is 19.8 Å². The van der Waals surface area contributed by atoms with Crippen LogP contribution in [0.5, 0.6) is 0 Å². The molecule has 5 rings (SSSR count). The molecule has 1 aliphatic heterocycles. The Bertz CT molecular complexity index is 1320. The summed E-state index contributed by atoms with van der Waals surface area (Å²) >= 11 is 0. The fraction of sp³-hybridized carbons (Fsp3) is 0.0400. The topological polar surface area (TPSA) is 67.2 Å². The molecule has 4 aromatic rings. The third-order valence-electron chi connectivity index (χ3n) is 5.09. The minimum Gasteiger partial charge on any atom is -0.324 e. The molecule has 0 spiro atoms. The monoisotopic (exact) mass is 408 g/mol. The van der Waals surface area contributed by atoms with Crippen LogP contribution < -0.4 is 5.32 Å². The van der Waals surface area contributed by atoms with Gasteiger partial charge in [0, 0.05) is 23.5 Å². The molecule has 0 bridgehead atoms. The van der Waals surface area contributed by atoms with Gasteiger partial charge in [-0.1, -0.05) is 42.5 Å². The van der Waals surface area contributed by atoms with Crippen LogP contribution in [0.15, 0.2) is 90.3 Å². The largest absolute Gasteiger partial charge is 0.324 e. The molecular formula is C25H17FN4O. The number of hydrogen-bond acceptors (Lipinski definition) is 4. The lowest BCUT2D eigenvalue weighted by Crippen LogP contribution is -2.15. The molecule has 0 aliphatic carbocycles. The second-order valence-corrected chi connectivity index (χ2v) is 7.17. The molecule has 0 unspecified atom stereocenters. The number of aromatic nitrogens is 2. The Balaban J connectivity index is 1.55. The summed E-state index contributed by atoms with van der Waals surface area (Å²) in [6.07, 6.45) is 5.09. The number of amides is 1. The van der Waals surface area contributed by atoms with Crippen LogP contribution in [0.2, 0.25) is 0 Å². The molecule has 150 valence electrons. The maximum atomic E-state index is 14.2. The van der Waals surface area contributed by atoms with Gasteiger partial charge in [0.2, 0.25) is 5.91 Å². The van der Waals surface area contributed by atoms with Gasteiger partial charge in [-0.15, -0.1) is 0 Å². The molecule has 0 saturated heterocycles. The van der Waals surface area contributed by atoms with E-state index in [-0.39, 0.29) is 18.1 Å². The molecule has 1 aromatic heterocycles. The first-order valence-corrected chi connectivity index (χ1v) is 9.80. The van der Waals surface area contributed by atoms with Gasteiger partial charge in [-0.2, -0.15) is 0 Å². The second kappa shape index (κ2) is 7.91. The van der Waals surface area contributed by atoms with Crippen molar-refractivity contribution in [2.75, 3.05) is 5.32 Å². The zero-order valence-electron chi connectivity index (χ0n) is 16.4. The average molecular weight is 408 g/mol. The number of fused-ring (bicyclic) bond motifs is 1. The van der Waals surface area contributed by atoms with Crippen LogP contribution in [0.3, 0.4) is 0 Å². The summed E-state index contributed by atoms with van der Waals surface area (Å²) in [5, 5.41) is 2.90. The van der Waals surface area contributed by atoms with Crippen molar-refractivity contribution in [2.24, 2.45) is 4.99 Å². The minimum atomic E-state index is -0.313. The van der Waals surface area contributed by atoms with Crippen molar-refractivity contribution in [3.63, 3.8) is 0 Å². The molecule has 3 aromatic carbocycles. The molecule has 1 amide bonds. The van der Waals surface area contributed by atoms with Crippen molar-refractivity contribution < 1.29 is 9.18 Å². The third-order valence-corrected chi connectivity index (χ3v) is 5.09. The van der Waals surface area contributed by atoms with Crippen LogP contribution in [0.4, 0.5) is 15.8 Å². The summed E-state index contributed by atoms with van der Waals surface area (Å²) in [6.45, 7) is 0. The Morgan fingerprint density at radius 1 is 0.871 bits per heavy atom. The third kappa shape index (κ3) is 3.83. The van der Waals surface area contributed by atoms with E-state index >= 15 is 0 Å². The summed E-state index contributed by atoms with van der Waals surface area (Å²) < 4.78 is 14.2. The van der Waals surface area contributed by atoms with E-state index in [0.29, 0.717) is 28.2 Å². The molecule has 0 radical (unpaired) electrons. The van der Waals surface area contributed by atoms with Gasteiger partial charge >= 0.3 is 0 Å². The fourth-order valence-corrected chi connectivity index (χ4v) is 3.60. The zero-order chi connectivity index (χ0) is 21.2. The Morgan fingerprint density at radius 3 is 2.58 bits per heavy atom. The van der Waals surface area contributed by atoms with E-state index in [0.717, 1.165) is 16.8 Å². The van der Waals surface area contributed by atoms with Gasteiger partial charge in [0.15, 0.2) is 0 Å². The number of carbonyl (C=O) groups is 1. The quantitative estimate of drug-likeness (QED) is 0.493. The summed E-state index contributed by atoms with van der Waals surface area (Å²) in [5.41, 5.74) is 5.48. The molecule has 1 aliphatic rings. The van der Waals surface area contributed by atoms with Crippen molar-refractivity contribution in [2.45, 2.75) is 6.42 Å². The van der Waals surface area contributed by atoms with Gasteiger partial charge in [0.05, 0.1) is 35.4 Å². The number of benzene rings is 3. The SMILES string of the molecule is O=C1CC(c2cccc(-c3cnccn3)c2)=Nc2ccc(-c3ccccc3F)cc2N1. The lowest BCUT2D eigenvalue weighted by atomic mass is 10.0. The fourth-order valence-electron chi connectivity index (χ4n) is 3.60. The number of aliphatic imine (C=N–C) groups is 1. The zero-order valence-corrected chi connectivity index (χ0v) is 16.4. The van der Waals surface area contributed by atoms with Crippen LogP contribution in [-0.4, -0.2) is 21.6 Å². The summed E-state index contributed by atoms with van der Waals surface area (Å²) in [4.78, 5) is 25.8. The first-order chi connectivity index (χ1) is 15.2. The Hall–Kier alpha value is -4.19. The van der Waals surface area contributed by atoms with E-state index in [2.05, 4.69) is 15.3 Å². The first-order valence-electron chi connectivity index (χ1n) is 9.80. The number of nitrogens with one attached hydrogen (secondary N) is 1. The average Bonchev–Trinajstić information content (AvgIpc) is 2.97. The van der Waals surface area contributed by atoms with E-state index in [1.54, 1.807) is 48.9 Å². The number of nitrogens with zero attached hydrogens (tertiary/aromatic N) is 3. The molecule has 6 heteroatoms. The van der Waals surface area contributed by atoms with Crippen LogP contribution in [0, 0.1) is 5.82 Å². The Labute approximate surface area is 178 Å². The van der Waals surface area contributed by atoms with E-state index in [4.69, 9.17) is 4.99 Å². The van der Waals surface area contributed by atoms with Crippen LogP contribution in [-0.2, 0) is 4.79 Å². The van der Waals surface area contributed by atoms with E-state index in [1.165, 1.54) is 6.07 Å². The molecule has 1 N–H and O–H groups in total. The minimum absolute atomic E-state index is 0.133. The molecule has 31 heavy (non-hydrogen) atoms. The maximum absolute atomic E-state index is 14.2. The predicted octanol–water partition coefficient (Wildman–Crippen LogP) is 5.41. The highest BCUT2D eigenvalue weighted by Gasteiger charge is 2.19. The van der Waals surface area contributed by atoms with Gasteiger partial charge in [0.1, 0.15) is 5.82 Å². The van der Waals surface area contributed by atoms with Crippen molar-refractivity contribution in [3.05, 3.63) is 96.7 Å². The standard InChI is InChI=1S/C25H17FN4O/c26-20-7-2-1-6-19(20)16-8-9-21-23(13-16)30-25(31)14-22(29-21)17-4-3-5-18(12-17)24-15-27-10-11-28-24/h1-13,15H,14H2,(H,30,31). The molecule has 0 atom stereocenters. The van der Waals surface area contributed by atoms with Gasteiger partial charge in [-0.05, 0) is 35.4 Å². The highest BCUT2D eigenvalue weighted by molar-refractivity contribution is 6.17. The summed E-state index contributed by atoms with van der Waals surface area (Å²) in [7, 11) is 0. The number of anilines is 1. The van der Waals surface area contributed by atoms with E-state index < -0.39 is 0 Å². The Kier molecular flexibility index (Phi) is 4.80. The molecular weight excluding hydrogens is 391 g/mol. The lowest BCUT2D eigenvalue weighted by Gasteiger charge is -2.09. The van der Waals surface area contributed by atoms with E-state index in [1.807, 2.05) is 30.3 Å². The molecule has 5 nitrogen and oxygen atoms in total. The second-order valence-electron chi connectivity index (χ2n) is 7.17. The van der Waals surface area contributed by atoms with Crippen molar-refractivity contribution >= 4 is 23.0 Å². The lowest BCUT2D eigenvalue weighted by molar-refractivity contribution is -0.115. The maximum Gasteiger partial charge on any atom is 0.230 e. The smallest absolute Gasteiger partial charge is 0.230 e. The highest BCUT2D eigenvalue weighted by Crippen LogP contribution is 2.34.